The van der Waals surface area contributed by atoms with E-state index in [4.69, 9.17) is 9.47 Å². The van der Waals surface area contributed by atoms with Crippen molar-refractivity contribution in [3.63, 3.8) is 0 Å². The summed E-state index contributed by atoms with van der Waals surface area (Å²) in [4.78, 5) is 54.0. The van der Waals surface area contributed by atoms with Crippen LogP contribution in [-0.2, 0) is 35.7 Å². The van der Waals surface area contributed by atoms with Crippen molar-refractivity contribution < 1.29 is 104 Å². The maximum absolute atomic E-state index is 15.4. The van der Waals surface area contributed by atoms with Gasteiger partial charge in [-0.25, -0.2) is 4.72 Å². The molecule has 1 radical (unpaired) electrons. The Kier molecular flexibility index (Phi) is 16.9. The molecule has 1 aliphatic carbocycles. The van der Waals surface area contributed by atoms with Crippen LogP contribution in [0.2, 0.25) is 0 Å². The smallest absolute Gasteiger partial charge is 0.516 e. The number of para-hydroxylation sites is 2. The number of halogens is 3. The van der Waals surface area contributed by atoms with E-state index in [0.29, 0.717) is 89.1 Å². The van der Waals surface area contributed by atoms with Crippen molar-refractivity contribution >= 4 is 61.2 Å². The fraction of sp³-hybridized carbons (Fsp3) is 0.300. The third-order valence-corrected chi connectivity index (χ3v) is 12.9. The average Bonchev–Trinajstić information content (AvgIpc) is 3.87. The van der Waals surface area contributed by atoms with Crippen LogP contribution in [-0.4, -0.2) is 79.5 Å². The van der Waals surface area contributed by atoms with E-state index in [9.17, 15) is 40.8 Å². The summed E-state index contributed by atoms with van der Waals surface area (Å²) < 4.78 is 78.1. The zero-order chi connectivity index (χ0) is 48.0. The minimum absolute atomic E-state index is 0. The summed E-state index contributed by atoms with van der Waals surface area (Å²) in [6, 6.07) is 29.0. The Bertz CT molecular complexity index is 2990. The molecule has 0 spiro atoms. The number of fused-ring (bicyclic) bond motifs is 2. The van der Waals surface area contributed by atoms with Gasteiger partial charge in [-0.15, -0.1) is 0 Å². The topological polar surface area (TPSA) is 176 Å². The summed E-state index contributed by atoms with van der Waals surface area (Å²) in [5, 5.41) is 19.3. The number of sulfonamides is 1. The van der Waals surface area contributed by atoms with Gasteiger partial charge < -0.3 is 24.5 Å². The Balaban J connectivity index is 0.00000761. The molecule has 2 heterocycles. The van der Waals surface area contributed by atoms with E-state index in [1.54, 1.807) is 54.1 Å². The van der Waals surface area contributed by atoms with Gasteiger partial charge in [-0.3, -0.25) is 19.2 Å². The summed E-state index contributed by atoms with van der Waals surface area (Å²) >= 11 is 0. The quantitative estimate of drug-likeness (QED) is 0.0380. The molecule has 1 aromatic heterocycles. The number of benzene rings is 4. The van der Waals surface area contributed by atoms with Gasteiger partial charge in [-0.2, -0.15) is 26.2 Å². The number of alkyl halides is 3. The minimum Gasteiger partial charge on any atom is -0.871 e. The molecule has 0 fully saturated rings. The number of nitrogens with one attached hydrogen (secondary N) is 2. The molecule has 0 unspecified atom stereocenters. The number of hydrogen-bond acceptors (Lipinski definition) is 9. The number of hydrogen-bond donors (Lipinski definition) is 2. The largest absolute Gasteiger partial charge is 0.871 e. The van der Waals surface area contributed by atoms with Gasteiger partial charge in [0.15, 0.2) is 0 Å². The molecular weight excluding hydrogens is 1120 g/mol. The number of nitrogens with zero attached hydrogens (tertiary/aromatic N) is 2. The molecule has 2 aliphatic rings. The number of carbonyl (C=O) groups excluding carboxylic acids is 4. The third kappa shape index (κ3) is 10.4. The number of unbranched alkanes of at least 4 members (excludes halogenated alkanes) is 4. The van der Waals surface area contributed by atoms with E-state index < -0.39 is 45.2 Å². The zero-order valence-corrected chi connectivity index (χ0v) is 43.3. The fourth-order valence-corrected chi connectivity index (χ4v) is 9.36. The summed E-state index contributed by atoms with van der Waals surface area (Å²) in [5.41, 5.74) is -2.01. The molecule has 0 atom stereocenters. The van der Waals surface area contributed by atoms with E-state index in [1.165, 1.54) is 7.11 Å². The molecule has 68 heavy (non-hydrogen) atoms. The van der Waals surface area contributed by atoms with Crippen molar-refractivity contribution in [2.24, 2.45) is 0 Å². The first-order valence-corrected chi connectivity index (χ1v) is 23.4. The SMILES string of the molecule is CCNC(=O)CCCCC[N+]1=C(c2ccccc2OC)c2ccccc2/C1=C1\C(=O)C(=O)C(c2c3ccccc3c(-c3ccccc3OC)n2CCCCCC(=O)NS(=O)(=O)C(F)(F)F)=C1[O-].[Ac]. The summed E-state index contributed by atoms with van der Waals surface area (Å²) in [6.45, 7) is 2.79. The maximum Gasteiger partial charge on any atom is 0.516 e. The number of methoxy groups -OCH3 is 2. The van der Waals surface area contributed by atoms with Crippen LogP contribution >= 0.6 is 0 Å². The summed E-state index contributed by atoms with van der Waals surface area (Å²) in [7, 11) is -2.82. The Morgan fingerprint density at radius 2 is 1.19 bits per heavy atom. The van der Waals surface area contributed by atoms with E-state index in [0.717, 1.165) is 10.3 Å². The molecule has 353 valence electrons. The van der Waals surface area contributed by atoms with E-state index in [1.807, 2.05) is 66.1 Å². The second kappa shape index (κ2) is 22.2. The van der Waals surface area contributed by atoms with Crippen molar-refractivity contribution in [1.29, 1.82) is 0 Å². The Hall–Kier alpha value is -5.57. The zero-order valence-electron chi connectivity index (χ0n) is 37.7. The minimum atomic E-state index is -5.87. The van der Waals surface area contributed by atoms with Crippen LogP contribution in [0.15, 0.2) is 108 Å². The van der Waals surface area contributed by atoms with Gasteiger partial charge in [0.2, 0.25) is 34.8 Å². The second-order valence-electron chi connectivity index (χ2n) is 16.0. The van der Waals surface area contributed by atoms with Crippen LogP contribution in [0.3, 0.4) is 0 Å². The molecule has 0 bridgehead atoms. The molecular formula is C50H49AcF3N4O9S. The number of rotatable bonds is 19. The number of Topliss-reactive ketones (excluding diaryl/α,β-unsaturated/α-hetero) is 2. The molecule has 4 aromatic carbocycles. The fourth-order valence-electron chi connectivity index (χ4n) is 8.84. The molecule has 0 saturated heterocycles. The van der Waals surface area contributed by atoms with E-state index >= 15 is 5.11 Å². The van der Waals surface area contributed by atoms with Gasteiger partial charge in [0, 0.05) is 98.3 Å². The number of ether oxygens (including phenoxy) is 2. The third-order valence-electron chi connectivity index (χ3n) is 11.8. The number of amides is 2. The van der Waals surface area contributed by atoms with Crippen LogP contribution in [0.4, 0.5) is 13.2 Å². The van der Waals surface area contributed by atoms with Gasteiger partial charge in [-0.1, -0.05) is 72.8 Å². The van der Waals surface area contributed by atoms with Gasteiger partial charge in [0.05, 0.1) is 47.9 Å². The first-order chi connectivity index (χ1) is 32.1. The van der Waals surface area contributed by atoms with E-state index in [2.05, 4.69) is 5.32 Å². The standard InChI is InChI=1S/C50H49F3N4O9S.Ac/c1-4-54-39(58)27-7-5-17-29-56-43(35-23-13-15-25-37(35)65-2)31-19-9-11-21-33(31)45(56)41-47(60)42(49(62)48(41)61)46-34-22-12-10-20-32(34)44(36-24-14-16-26-38(36)66-3)57(46)30-18-6-8-28-40(59)55-67(63,64)50(51,52)53;/h9-16,19-26H,4-8,17-18,27-30H2,1-3H3,(H2-,54,55,58,59,60,61,62);. The van der Waals surface area contributed by atoms with Crippen molar-refractivity contribution in [1.82, 2.24) is 14.6 Å². The van der Waals surface area contributed by atoms with Crippen molar-refractivity contribution in [2.75, 3.05) is 27.3 Å². The normalized spacial score (nSPS) is 14.9. The Morgan fingerprint density at radius 1 is 0.676 bits per heavy atom. The Labute approximate surface area is 427 Å². The second-order valence-corrected chi connectivity index (χ2v) is 17.6. The summed E-state index contributed by atoms with van der Waals surface area (Å²) in [5.74, 6) is -3.12. The molecule has 13 nitrogen and oxygen atoms in total. The molecule has 7 rings (SSSR count). The van der Waals surface area contributed by atoms with Crippen LogP contribution < -0.4 is 24.6 Å². The molecule has 5 aromatic rings. The van der Waals surface area contributed by atoms with Crippen LogP contribution in [0.25, 0.3) is 33.3 Å². The molecule has 2 amide bonds. The number of ketones is 2. The van der Waals surface area contributed by atoms with Crippen molar-refractivity contribution in [3.05, 3.63) is 131 Å². The monoisotopic (exact) mass is 1170 g/mol. The number of allylic oxidation sites excluding steroid dienone is 2. The van der Waals surface area contributed by atoms with Gasteiger partial charge in [0.25, 0.3) is 0 Å². The maximum atomic E-state index is 15.4. The van der Waals surface area contributed by atoms with Crippen LogP contribution in [0.1, 0.15) is 80.7 Å². The van der Waals surface area contributed by atoms with Gasteiger partial charge >= 0.3 is 15.5 Å². The van der Waals surface area contributed by atoms with Crippen LogP contribution in [0.5, 0.6) is 11.5 Å². The first kappa shape index (κ1) is 51.8. The Morgan fingerprint density at radius 3 is 1.81 bits per heavy atom. The van der Waals surface area contributed by atoms with Gasteiger partial charge in [0.1, 0.15) is 18.0 Å². The van der Waals surface area contributed by atoms with Crippen LogP contribution in [0, 0.1) is 44.1 Å². The van der Waals surface area contributed by atoms with Crippen molar-refractivity contribution in [2.45, 2.75) is 70.3 Å². The van der Waals surface area contributed by atoms with Gasteiger partial charge in [-0.05, 0) is 69.0 Å². The number of aromatic nitrogens is 1. The predicted molar refractivity (Wildman–Crippen MR) is 244 cm³/mol. The average molecular weight is 1170 g/mol. The predicted octanol–water partition coefficient (Wildman–Crippen LogP) is 7.05. The number of carbonyl (C=O) groups is 4. The molecule has 2 N–H and O–H groups in total. The molecule has 1 aliphatic heterocycles. The molecule has 18 heteroatoms. The summed E-state index contributed by atoms with van der Waals surface area (Å²) in [6.07, 6.45) is 2.11. The van der Waals surface area contributed by atoms with Crippen molar-refractivity contribution in [3.8, 4) is 22.8 Å². The van der Waals surface area contributed by atoms with E-state index in [-0.39, 0.29) is 98.3 Å². The molecule has 0 saturated carbocycles. The first-order valence-electron chi connectivity index (χ1n) is 21.9.